The van der Waals surface area contributed by atoms with Crippen LogP contribution < -0.4 is 5.32 Å². The Labute approximate surface area is 154 Å². The maximum absolute atomic E-state index is 12.1. The van der Waals surface area contributed by atoms with E-state index < -0.39 is 15.4 Å². The van der Waals surface area contributed by atoms with E-state index in [4.69, 9.17) is 0 Å². The van der Waals surface area contributed by atoms with Crippen molar-refractivity contribution in [2.45, 2.75) is 36.2 Å². The van der Waals surface area contributed by atoms with Crippen LogP contribution in [0.5, 0.6) is 0 Å². The van der Waals surface area contributed by atoms with Gasteiger partial charge < -0.3 is 10.4 Å². The largest absolute Gasteiger partial charge is 0.383 e. The normalized spacial score (nSPS) is 19.2. The lowest BCUT2D eigenvalue weighted by atomic mass is 9.96. The summed E-state index contributed by atoms with van der Waals surface area (Å²) in [6.07, 6.45) is 3.40. The zero-order valence-electron chi connectivity index (χ0n) is 14.7. The third-order valence-electron chi connectivity index (χ3n) is 4.90. The highest BCUT2D eigenvalue weighted by molar-refractivity contribution is 7.90. The Morgan fingerprint density at radius 3 is 2.54 bits per heavy atom. The number of hydrogen-bond acceptors (Lipinski definition) is 4. The second kappa shape index (κ2) is 7.21. The Kier molecular flexibility index (Phi) is 5.16. The van der Waals surface area contributed by atoms with E-state index in [-0.39, 0.29) is 23.8 Å². The summed E-state index contributed by atoms with van der Waals surface area (Å²) in [5.41, 5.74) is 1.94. The molecule has 0 radical (unpaired) electrons. The van der Waals surface area contributed by atoms with Gasteiger partial charge in [0.05, 0.1) is 11.4 Å². The molecular weight excluding hydrogens is 350 g/mol. The smallest absolute Gasteiger partial charge is 0.220 e. The molecule has 1 aliphatic rings. The molecule has 0 saturated carbocycles. The van der Waals surface area contributed by atoms with Crippen LogP contribution in [0.1, 0.15) is 29.5 Å². The van der Waals surface area contributed by atoms with Crippen molar-refractivity contribution in [2.24, 2.45) is 0 Å². The van der Waals surface area contributed by atoms with Crippen LogP contribution in [-0.2, 0) is 33.1 Å². The Morgan fingerprint density at radius 2 is 1.85 bits per heavy atom. The molecule has 1 amide bonds. The van der Waals surface area contributed by atoms with Crippen LogP contribution in [0.4, 0.5) is 0 Å². The van der Waals surface area contributed by atoms with E-state index in [0.717, 1.165) is 23.1 Å². The maximum Gasteiger partial charge on any atom is 0.220 e. The first-order valence-electron chi connectivity index (χ1n) is 8.64. The van der Waals surface area contributed by atoms with Crippen LogP contribution in [-0.4, -0.2) is 32.2 Å². The molecule has 0 bridgehead atoms. The molecule has 0 fully saturated rings. The molecule has 0 unspecified atom stereocenters. The summed E-state index contributed by atoms with van der Waals surface area (Å²) in [6, 6.07) is 14.3. The van der Waals surface area contributed by atoms with Gasteiger partial charge in [0.25, 0.3) is 0 Å². The summed E-state index contributed by atoms with van der Waals surface area (Å²) in [7, 11) is -3.21. The fraction of sp³-hybridized carbons (Fsp3) is 0.350. The summed E-state index contributed by atoms with van der Waals surface area (Å²) in [5.74, 6) is -0.130. The lowest BCUT2D eigenvalue weighted by molar-refractivity contribution is -0.122. The van der Waals surface area contributed by atoms with Gasteiger partial charge in [0.2, 0.25) is 5.91 Å². The highest BCUT2D eigenvalue weighted by atomic mass is 32.2. The number of carbonyl (C=O) groups excluding carboxylic acids is 1. The fourth-order valence-corrected chi connectivity index (χ4v) is 3.98. The van der Waals surface area contributed by atoms with Crippen molar-refractivity contribution >= 4 is 15.7 Å². The minimum Gasteiger partial charge on any atom is -0.383 e. The standard InChI is InChI=1S/C20H23NO4S/c1-26(24,25)17-9-6-15(7-10-17)8-11-19(22)21-14-20(23)13-12-16-4-2-3-5-18(16)20/h2-7,9-10,23H,8,11-14H2,1H3,(H,21,22)/t20-/m0/s1. The molecule has 1 atom stereocenters. The quantitative estimate of drug-likeness (QED) is 0.811. The summed E-state index contributed by atoms with van der Waals surface area (Å²) in [4.78, 5) is 12.4. The Balaban J connectivity index is 1.52. The van der Waals surface area contributed by atoms with Crippen molar-refractivity contribution in [3.63, 3.8) is 0 Å². The van der Waals surface area contributed by atoms with Crippen molar-refractivity contribution in [3.8, 4) is 0 Å². The van der Waals surface area contributed by atoms with Gasteiger partial charge >= 0.3 is 0 Å². The molecule has 0 spiro atoms. The lowest BCUT2D eigenvalue weighted by Crippen LogP contribution is -2.39. The average Bonchev–Trinajstić information content (AvgIpc) is 2.96. The predicted molar refractivity (Wildman–Crippen MR) is 99.5 cm³/mol. The van der Waals surface area contributed by atoms with E-state index >= 15 is 0 Å². The number of benzene rings is 2. The summed E-state index contributed by atoms with van der Waals surface area (Å²) < 4.78 is 22.9. The second-order valence-electron chi connectivity index (χ2n) is 6.88. The average molecular weight is 373 g/mol. The number of nitrogens with one attached hydrogen (secondary N) is 1. The number of sulfone groups is 1. The highest BCUT2D eigenvalue weighted by Crippen LogP contribution is 2.36. The molecule has 2 aromatic rings. The van der Waals surface area contributed by atoms with Gasteiger partial charge in [0.15, 0.2) is 9.84 Å². The molecule has 2 aromatic carbocycles. The molecule has 3 rings (SSSR count). The summed E-state index contributed by atoms with van der Waals surface area (Å²) >= 11 is 0. The molecule has 2 N–H and O–H groups in total. The number of aliphatic hydroxyl groups is 1. The molecule has 0 aliphatic heterocycles. The molecule has 0 saturated heterocycles. The molecule has 26 heavy (non-hydrogen) atoms. The van der Waals surface area contributed by atoms with Crippen molar-refractivity contribution < 1.29 is 18.3 Å². The van der Waals surface area contributed by atoms with Crippen LogP contribution in [0.3, 0.4) is 0 Å². The van der Waals surface area contributed by atoms with E-state index in [1.165, 1.54) is 6.26 Å². The lowest BCUT2D eigenvalue weighted by Gasteiger charge is -2.24. The molecule has 6 heteroatoms. The van der Waals surface area contributed by atoms with E-state index in [9.17, 15) is 18.3 Å². The molecule has 0 heterocycles. The van der Waals surface area contributed by atoms with Gasteiger partial charge in [-0.1, -0.05) is 36.4 Å². The number of aryl methyl sites for hydroxylation is 2. The van der Waals surface area contributed by atoms with Crippen molar-refractivity contribution in [2.75, 3.05) is 12.8 Å². The third kappa shape index (κ3) is 4.14. The minimum atomic E-state index is -3.21. The van der Waals surface area contributed by atoms with Crippen molar-refractivity contribution in [1.29, 1.82) is 0 Å². The minimum absolute atomic E-state index is 0.130. The van der Waals surface area contributed by atoms with Crippen LogP contribution >= 0.6 is 0 Å². The molecule has 1 aliphatic carbocycles. The SMILES string of the molecule is CS(=O)(=O)c1ccc(CCC(=O)NC[C@@]2(O)CCc3ccccc32)cc1. The van der Waals surface area contributed by atoms with Gasteiger partial charge in [-0.15, -0.1) is 0 Å². The van der Waals surface area contributed by atoms with Crippen molar-refractivity contribution in [1.82, 2.24) is 5.32 Å². The van der Waals surface area contributed by atoms with E-state index in [1.807, 2.05) is 24.3 Å². The maximum atomic E-state index is 12.1. The van der Waals surface area contributed by atoms with Gasteiger partial charge in [-0.05, 0) is 48.1 Å². The third-order valence-corrected chi connectivity index (χ3v) is 6.03. The van der Waals surface area contributed by atoms with Crippen LogP contribution in [0, 0.1) is 0 Å². The zero-order chi connectivity index (χ0) is 18.8. The molecule has 5 nitrogen and oxygen atoms in total. The summed E-state index contributed by atoms with van der Waals surface area (Å²) in [5, 5.41) is 13.6. The second-order valence-corrected chi connectivity index (χ2v) is 8.90. The van der Waals surface area contributed by atoms with Gasteiger partial charge in [-0.3, -0.25) is 4.79 Å². The van der Waals surface area contributed by atoms with Crippen molar-refractivity contribution in [3.05, 3.63) is 65.2 Å². The van der Waals surface area contributed by atoms with Gasteiger partial charge in [0.1, 0.15) is 5.60 Å². The molecular formula is C20H23NO4S. The highest BCUT2D eigenvalue weighted by Gasteiger charge is 2.36. The first-order valence-corrected chi connectivity index (χ1v) is 10.5. The number of fused-ring (bicyclic) bond motifs is 1. The Morgan fingerprint density at radius 1 is 1.15 bits per heavy atom. The number of carbonyl (C=O) groups is 1. The van der Waals surface area contributed by atoms with Crippen LogP contribution in [0.15, 0.2) is 53.4 Å². The Hall–Kier alpha value is -2.18. The molecule has 138 valence electrons. The summed E-state index contributed by atoms with van der Waals surface area (Å²) in [6.45, 7) is 0.204. The van der Waals surface area contributed by atoms with E-state index in [1.54, 1.807) is 24.3 Å². The van der Waals surface area contributed by atoms with Gasteiger partial charge in [0, 0.05) is 12.7 Å². The molecule has 0 aromatic heterocycles. The Bertz CT molecular complexity index is 906. The van der Waals surface area contributed by atoms with Gasteiger partial charge in [-0.25, -0.2) is 8.42 Å². The first kappa shape index (κ1) is 18.6. The fourth-order valence-electron chi connectivity index (χ4n) is 3.35. The topological polar surface area (TPSA) is 83.5 Å². The van der Waals surface area contributed by atoms with E-state index in [0.29, 0.717) is 12.8 Å². The number of amides is 1. The van der Waals surface area contributed by atoms with Crippen LogP contribution in [0.25, 0.3) is 0 Å². The first-order chi connectivity index (χ1) is 12.3. The van der Waals surface area contributed by atoms with E-state index in [2.05, 4.69) is 5.32 Å². The number of hydrogen-bond donors (Lipinski definition) is 2. The zero-order valence-corrected chi connectivity index (χ0v) is 15.6. The number of rotatable bonds is 6. The van der Waals surface area contributed by atoms with Gasteiger partial charge in [-0.2, -0.15) is 0 Å². The van der Waals surface area contributed by atoms with Crippen LogP contribution in [0.2, 0.25) is 0 Å². The predicted octanol–water partition coefficient (Wildman–Crippen LogP) is 1.97. The monoisotopic (exact) mass is 373 g/mol.